The molecule has 30 heavy (non-hydrogen) atoms. The summed E-state index contributed by atoms with van der Waals surface area (Å²) >= 11 is 0. The van der Waals surface area contributed by atoms with Crippen LogP contribution < -0.4 is 4.90 Å². The molecule has 0 radical (unpaired) electrons. The van der Waals surface area contributed by atoms with Crippen LogP contribution in [0.1, 0.15) is 11.3 Å². The van der Waals surface area contributed by atoms with Crippen molar-refractivity contribution in [2.24, 2.45) is 0 Å². The van der Waals surface area contributed by atoms with Gasteiger partial charge in [0.1, 0.15) is 5.82 Å². The Bertz CT molecular complexity index is 928. The fourth-order valence-electron chi connectivity index (χ4n) is 3.03. The Hall–Kier alpha value is -2.93. The normalized spacial score (nSPS) is 11.7. The molecule has 0 unspecified atom stereocenters. The molecule has 0 fully saturated rings. The molecule has 0 bridgehead atoms. The highest BCUT2D eigenvalue weighted by Gasteiger charge is 2.34. The van der Waals surface area contributed by atoms with Gasteiger partial charge in [-0.25, -0.2) is 9.97 Å². The molecule has 0 saturated carbocycles. The van der Waals surface area contributed by atoms with E-state index in [-0.39, 0.29) is 11.6 Å². The number of anilines is 1. The molecule has 4 nitrogen and oxygen atoms in total. The number of benzene rings is 2. The summed E-state index contributed by atoms with van der Waals surface area (Å²) in [6.45, 7) is 1.81. The number of alkyl halides is 3. The lowest BCUT2D eigenvalue weighted by atomic mass is 10.1. The highest BCUT2D eigenvalue weighted by atomic mass is 19.4. The van der Waals surface area contributed by atoms with Crippen LogP contribution in [0.5, 0.6) is 0 Å². The summed E-state index contributed by atoms with van der Waals surface area (Å²) in [4.78, 5) is 12.2. The fraction of sp³-hybridized carbons (Fsp3) is 0.304. The molecule has 0 saturated heterocycles. The van der Waals surface area contributed by atoms with Crippen LogP contribution in [0, 0.1) is 0 Å². The SMILES string of the molecule is CN(C)CCN(CCc1ccccc1)c1cc(C(F)(F)F)nc(-c2ccccc2)n1. The number of hydrogen-bond donors (Lipinski definition) is 0. The van der Waals surface area contributed by atoms with E-state index < -0.39 is 11.9 Å². The van der Waals surface area contributed by atoms with E-state index in [2.05, 4.69) is 9.97 Å². The Balaban J connectivity index is 1.97. The monoisotopic (exact) mass is 414 g/mol. The standard InChI is InChI=1S/C23H25F3N4/c1-29(2)15-16-30(14-13-18-9-5-3-6-10-18)21-17-20(23(24,25)26)27-22(28-21)19-11-7-4-8-12-19/h3-12,17H,13-16H2,1-2H3. The van der Waals surface area contributed by atoms with Crippen molar-refractivity contribution in [3.63, 3.8) is 0 Å². The van der Waals surface area contributed by atoms with Crippen molar-refractivity contribution in [1.82, 2.24) is 14.9 Å². The Kier molecular flexibility index (Phi) is 7.05. The van der Waals surface area contributed by atoms with E-state index >= 15 is 0 Å². The molecule has 2 aromatic carbocycles. The predicted octanol–water partition coefficient (Wildman–Crippen LogP) is 4.77. The zero-order chi connectivity index (χ0) is 21.6. The third-order valence-corrected chi connectivity index (χ3v) is 4.69. The zero-order valence-electron chi connectivity index (χ0n) is 17.1. The number of likely N-dealkylation sites (N-methyl/N-ethyl adjacent to an activating group) is 1. The minimum absolute atomic E-state index is 0.0787. The number of nitrogens with zero attached hydrogens (tertiary/aromatic N) is 4. The molecule has 0 atom stereocenters. The van der Waals surface area contributed by atoms with Crippen molar-refractivity contribution >= 4 is 5.82 Å². The second-order valence-corrected chi connectivity index (χ2v) is 7.32. The van der Waals surface area contributed by atoms with Crippen molar-refractivity contribution < 1.29 is 13.2 Å². The lowest BCUT2D eigenvalue weighted by Gasteiger charge is -2.26. The third kappa shape index (κ3) is 6.03. The summed E-state index contributed by atoms with van der Waals surface area (Å²) in [6.07, 6.45) is -3.84. The van der Waals surface area contributed by atoms with Crippen LogP contribution in [0.3, 0.4) is 0 Å². The van der Waals surface area contributed by atoms with Gasteiger partial charge in [0.05, 0.1) is 0 Å². The average molecular weight is 414 g/mol. The number of rotatable bonds is 8. The van der Waals surface area contributed by atoms with E-state index in [1.807, 2.05) is 54.2 Å². The number of hydrogen-bond acceptors (Lipinski definition) is 4. The van der Waals surface area contributed by atoms with Gasteiger partial charge in [0.2, 0.25) is 0 Å². The van der Waals surface area contributed by atoms with E-state index in [9.17, 15) is 13.2 Å². The van der Waals surface area contributed by atoms with Crippen molar-refractivity contribution in [2.75, 3.05) is 38.6 Å². The second-order valence-electron chi connectivity index (χ2n) is 7.32. The summed E-state index contributed by atoms with van der Waals surface area (Å²) in [6, 6.07) is 19.7. The van der Waals surface area contributed by atoms with E-state index in [1.165, 1.54) is 0 Å². The van der Waals surface area contributed by atoms with E-state index in [1.54, 1.807) is 30.3 Å². The van der Waals surface area contributed by atoms with Gasteiger partial charge in [-0.3, -0.25) is 0 Å². The van der Waals surface area contributed by atoms with Gasteiger partial charge in [0.15, 0.2) is 11.5 Å². The first-order valence-electron chi connectivity index (χ1n) is 9.78. The molecule has 0 amide bonds. The number of aromatic nitrogens is 2. The van der Waals surface area contributed by atoms with Crippen LogP contribution in [-0.2, 0) is 12.6 Å². The summed E-state index contributed by atoms with van der Waals surface area (Å²) in [5.74, 6) is 0.365. The van der Waals surface area contributed by atoms with Gasteiger partial charge in [-0.05, 0) is 26.1 Å². The average Bonchev–Trinajstić information content (AvgIpc) is 2.74. The third-order valence-electron chi connectivity index (χ3n) is 4.69. The van der Waals surface area contributed by atoms with Crippen LogP contribution in [0.4, 0.5) is 19.0 Å². The molecule has 1 heterocycles. The molecule has 0 aliphatic rings. The Morgan fingerprint density at radius 3 is 2.03 bits per heavy atom. The van der Waals surface area contributed by atoms with Crippen molar-refractivity contribution in [3.05, 3.63) is 78.0 Å². The summed E-state index contributed by atoms with van der Waals surface area (Å²) in [7, 11) is 3.87. The van der Waals surface area contributed by atoms with Gasteiger partial charge in [-0.1, -0.05) is 60.7 Å². The topological polar surface area (TPSA) is 32.3 Å². The maximum Gasteiger partial charge on any atom is 0.433 e. The lowest BCUT2D eigenvalue weighted by Crippen LogP contribution is -2.34. The predicted molar refractivity (Wildman–Crippen MR) is 113 cm³/mol. The largest absolute Gasteiger partial charge is 0.433 e. The van der Waals surface area contributed by atoms with Crippen LogP contribution in [0.25, 0.3) is 11.4 Å². The molecule has 0 aliphatic heterocycles. The molecule has 1 aromatic heterocycles. The molecule has 0 N–H and O–H groups in total. The first kappa shape index (κ1) is 21.8. The van der Waals surface area contributed by atoms with E-state index in [0.29, 0.717) is 31.6 Å². The molecule has 3 aromatic rings. The molecule has 0 aliphatic carbocycles. The lowest BCUT2D eigenvalue weighted by molar-refractivity contribution is -0.141. The van der Waals surface area contributed by atoms with Crippen LogP contribution >= 0.6 is 0 Å². The van der Waals surface area contributed by atoms with Crippen molar-refractivity contribution in [1.29, 1.82) is 0 Å². The van der Waals surface area contributed by atoms with Crippen LogP contribution in [-0.4, -0.2) is 48.6 Å². The summed E-state index contributed by atoms with van der Waals surface area (Å²) in [5, 5.41) is 0. The molecule has 158 valence electrons. The first-order chi connectivity index (χ1) is 14.3. The van der Waals surface area contributed by atoms with Gasteiger partial charge >= 0.3 is 6.18 Å². The molecule has 7 heteroatoms. The molecule has 3 rings (SSSR count). The van der Waals surface area contributed by atoms with Crippen molar-refractivity contribution in [3.8, 4) is 11.4 Å². The maximum absolute atomic E-state index is 13.6. The second kappa shape index (κ2) is 9.71. The summed E-state index contributed by atoms with van der Waals surface area (Å²) < 4.78 is 40.7. The van der Waals surface area contributed by atoms with E-state index in [4.69, 9.17) is 0 Å². The highest BCUT2D eigenvalue weighted by Crippen LogP contribution is 2.31. The van der Waals surface area contributed by atoms with Crippen LogP contribution in [0.15, 0.2) is 66.7 Å². The van der Waals surface area contributed by atoms with Crippen LogP contribution in [0.2, 0.25) is 0 Å². The Morgan fingerprint density at radius 1 is 0.800 bits per heavy atom. The van der Waals surface area contributed by atoms with Gasteiger partial charge < -0.3 is 9.80 Å². The summed E-state index contributed by atoms with van der Waals surface area (Å²) in [5.41, 5.74) is 0.752. The molecular weight excluding hydrogens is 389 g/mol. The number of halogens is 3. The van der Waals surface area contributed by atoms with Gasteiger partial charge in [-0.2, -0.15) is 13.2 Å². The smallest absolute Gasteiger partial charge is 0.355 e. The Morgan fingerprint density at radius 2 is 1.43 bits per heavy atom. The molecular formula is C23H25F3N4. The molecule has 0 spiro atoms. The van der Waals surface area contributed by atoms with Gasteiger partial charge in [0.25, 0.3) is 0 Å². The van der Waals surface area contributed by atoms with Crippen molar-refractivity contribution in [2.45, 2.75) is 12.6 Å². The minimum atomic E-state index is -4.55. The zero-order valence-corrected chi connectivity index (χ0v) is 17.1. The quantitative estimate of drug-likeness (QED) is 0.531. The van der Waals surface area contributed by atoms with Gasteiger partial charge in [0, 0.05) is 31.3 Å². The van der Waals surface area contributed by atoms with Gasteiger partial charge in [-0.15, -0.1) is 0 Å². The maximum atomic E-state index is 13.6. The fourth-order valence-corrected chi connectivity index (χ4v) is 3.03. The Labute approximate surface area is 175 Å². The first-order valence-corrected chi connectivity index (χ1v) is 9.78. The highest BCUT2D eigenvalue weighted by molar-refractivity contribution is 5.58. The minimum Gasteiger partial charge on any atom is -0.355 e. The van der Waals surface area contributed by atoms with E-state index in [0.717, 1.165) is 11.6 Å².